The second-order valence-corrected chi connectivity index (χ2v) is 9.91. The van der Waals surface area contributed by atoms with Gasteiger partial charge in [0.25, 0.3) is 0 Å². The van der Waals surface area contributed by atoms with Gasteiger partial charge in [0.15, 0.2) is 0 Å². The van der Waals surface area contributed by atoms with Crippen molar-refractivity contribution in [3.05, 3.63) is 77.9 Å². The van der Waals surface area contributed by atoms with Gasteiger partial charge in [0.2, 0.25) is 15.9 Å². The van der Waals surface area contributed by atoms with E-state index in [9.17, 15) is 13.2 Å². The van der Waals surface area contributed by atoms with Crippen LogP contribution in [0.5, 0.6) is 0 Å². The first kappa shape index (κ1) is 22.8. The Hall–Kier alpha value is -2.86. The zero-order valence-corrected chi connectivity index (χ0v) is 19.2. The fourth-order valence-corrected chi connectivity index (χ4v) is 4.71. The summed E-state index contributed by atoms with van der Waals surface area (Å²) in [6.07, 6.45) is 2.65. The molecule has 0 aromatic heterocycles. The molecule has 0 bridgehead atoms. The van der Waals surface area contributed by atoms with E-state index in [0.29, 0.717) is 18.7 Å². The topological polar surface area (TPSA) is 66.5 Å². The van der Waals surface area contributed by atoms with Crippen molar-refractivity contribution in [3.8, 4) is 0 Å². The van der Waals surface area contributed by atoms with Crippen LogP contribution in [0.4, 0.5) is 5.69 Å². The molecule has 0 saturated heterocycles. The van der Waals surface area contributed by atoms with E-state index in [2.05, 4.69) is 42.6 Å². The highest BCUT2D eigenvalue weighted by atomic mass is 32.2. The van der Waals surface area contributed by atoms with E-state index in [4.69, 9.17) is 0 Å². The van der Waals surface area contributed by atoms with Crippen molar-refractivity contribution < 1.29 is 13.2 Å². The molecule has 5 nitrogen and oxygen atoms in total. The highest BCUT2D eigenvalue weighted by Crippen LogP contribution is 2.23. The second kappa shape index (κ2) is 9.96. The molecule has 1 N–H and O–H groups in total. The minimum absolute atomic E-state index is 0.212. The van der Waals surface area contributed by atoms with Gasteiger partial charge in [-0.2, -0.15) is 0 Å². The number of hydrogen-bond acceptors (Lipinski definition) is 3. The van der Waals surface area contributed by atoms with Gasteiger partial charge in [-0.3, -0.25) is 9.10 Å². The van der Waals surface area contributed by atoms with Gasteiger partial charge in [0.05, 0.1) is 11.9 Å². The summed E-state index contributed by atoms with van der Waals surface area (Å²) in [5, 5.41) is 5.34. The number of nitrogens with zero attached hydrogens (tertiary/aromatic N) is 1. The number of carbonyl (C=O) groups excluding carboxylic acids is 1. The fraction of sp³-hybridized carbons (Fsp3) is 0.320. The minimum atomic E-state index is -3.58. The molecule has 1 amide bonds. The molecule has 0 radical (unpaired) electrons. The molecule has 0 aliphatic heterocycles. The predicted octanol–water partition coefficient (Wildman–Crippen LogP) is 4.16. The van der Waals surface area contributed by atoms with Crippen molar-refractivity contribution in [2.45, 2.75) is 26.7 Å². The molecule has 31 heavy (non-hydrogen) atoms. The van der Waals surface area contributed by atoms with E-state index < -0.39 is 10.0 Å². The van der Waals surface area contributed by atoms with Crippen LogP contribution >= 0.6 is 0 Å². The summed E-state index contributed by atoms with van der Waals surface area (Å²) >= 11 is 0. The number of amides is 1. The Kier molecular flexibility index (Phi) is 7.33. The molecular weight excluding hydrogens is 408 g/mol. The van der Waals surface area contributed by atoms with E-state index in [1.807, 2.05) is 31.2 Å². The summed E-state index contributed by atoms with van der Waals surface area (Å²) in [7, 11) is -3.58. The summed E-state index contributed by atoms with van der Waals surface area (Å²) < 4.78 is 26.0. The second-order valence-electron chi connectivity index (χ2n) is 8.00. The number of sulfonamides is 1. The molecule has 164 valence electrons. The van der Waals surface area contributed by atoms with E-state index >= 15 is 0 Å². The molecule has 0 aliphatic rings. The SMILES string of the molecule is CCc1ccccc1N(CC(=O)NCC(C)Cc1cccc2ccccc12)S(C)(=O)=O. The number of rotatable bonds is 9. The van der Waals surface area contributed by atoms with Crippen molar-refractivity contribution in [3.63, 3.8) is 0 Å². The normalized spacial score (nSPS) is 12.5. The van der Waals surface area contributed by atoms with Crippen LogP contribution in [0.1, 0.15) is 25.0 Å². The molecule has 0 saturated carbocycles. The van der Waals surface area contributed by atoms with Crippen molar-refractivity contribution in [1.29, 1.82) is 0 Å². The van der Waals surface area contributed by atoms with Gasteiger partial charge in [0.1, 0.15) is 6.54 Å². The lowest BCUT2D eigenvalue weighted by atomic mass is 9.96. The summed E-state index contributed by atoms with van der Waals surface area (Å²) in [4.78, 5) is 12.6. The van der Waals surface area contributed by atoms with E-state index in [1.54, 1.807) is 12.1 Å². The number of benzene rings is 3. The third-order valence-corrected chi connectivity index (χ3v) is 6.55. The Labute approximate surface area is 185 Å². The maximum absolute atomic E-state index is 12.6. The average molecular weight is 439 g/mol. The molecule has 1 unspecified atom stereocenters. The van der Waals surface area contributed by atoms with Gasteiger partial charge in [-0.15, -0.1) is 0 Å². The molecule has 0 spiro atoms. The Morgan fingerprint density at radius 3 is 2.35 bits per heavy atom. The van der Waals surface area contributed by atoms with Crippen molar-refractivity contribution in [2.24, 2.45) is 5.92 Å². The molecular formula is C25H30N2O3S. The van der Waals surface area contributed by atoms with Crippen molar-refractivity contribution in [1.82, 2.24) is 5.32 Å². The maximum Gasteiger partial charge on any atom is 0.240 e. The number of nitrogens with one attached hydrogen (secondary N) is 1. The van der Waals surface area contributed by atoms with Crippen LogP contribution in [-0.2, 0) is 27.7 Å². The van der Waals surface area contributed by atoms with Crippen LogP contribution in [-0.4, -0.2) is 33.7 Å². The lowest BCUT2D eigenvalue weighted by molar-refractivity contribution is -0.119. The third kappa shape index (κ3) is 5.85. The maximum atomic E-state index is 12.6. The van der Waals surface area contributed by atoms with E-state index in [1.165, 1.54) is 20.6 Å². The molecule has 3 aromatic rings. The van der Waals surface area contributed by atoms with Crippen LogP contribution in [0.3, 0.4) is 0 Å². The lowest BCUT2D eigenvalue weighted by Gasteiger charge is -2.24. The first-order chi connectivity index (χ1) is 14.8. The van der Waals surface area contributed by atoms with Gasteiger partial charge in [-0.25, -0.2) is 8.42 Å². The van der Waals surface area contributed by atoms with Gasteiger partial charge >= 0.3 is 0 Å². The van der Waals surface area contributed by atoms with Crippen LogP contribution in [0, 0.1) is 5.92 Å². The van der Waals surface area contributed by atoms with Crippen LogP contribution in [0.2, 0.25) is 0 Å². The Morgan fingerprint density at radius 1 is 0.968 bits per heavy atom. The highest BCUT2D eigenvalue weighted by molar-refractivity contribution is 7.92. The van der Waals surface area contributed by atoms with Crippen molar-refractivity contribution >= 4 is 32.4 Å². The van der Waals surface area contributed by atoms with Crippen LogP contribution in [0.25, 0.3) is 10.8 Å². The summed E-state index contributed by atoms with van der Waals surface area (Å²) in [6, 6.07) is 21.8. The summed E-state index contributed by atoms with van der Waals surface area (Å²) in [5.41, 5.74) is 2.70. The van der Waals surface area contributed by atoms with E-state index in [-0.39, 0.29) is 18.4 Å². The first-order valence-electron chi connectivity index (χ1n) is 10.6. The van der Waals surface area contributed by atoms with Crippen LogP contribution in [0.15, 0.2) is 66.7 Å². The number of hydrogen-bond donors (Lipinski definition) is 1. The fourth-order valence-electron chi connectivity index (χ4n) is 3.83. The number of fused-ring (bicyclic) bond motifs is 1. The smallest absolute Gasteiger partial charge is 0.240 e. The Balaban J connectivity index is 1.65. The van der Waals surface area contributed by atoms with Crippen molar-refractivity contribution in [2.75, 3.05) is 23.7 Å². The average Bonchev–Trinajstić information content (AvgIpc) is 2.75. The predicted molar refractivity (Wildman–Crippen MR) is 128 cm³/mol. The number of carbonyl (C=O) groups is 1. The lowest BCUT2D eigenvalue weighted by Crippen LogP contribution is -2.42. The van der Waals surface area contributed by atoms with Gasteiger partial charge in [0, 0.05) is 6.54 Å². The zero-order chi connectivity index (χ0) is 22.4. The molecule has 3 aromatic carbocycles. The molecule has 6 heteroatoms. The molecule has 1 atom stereocenters. The highest BCUT2D eigenvalue weighted by Gasteiger charge is 2.22. The summed E-state index contributed by atoms with van der Waals surface area (Å²) in [6.45, 7) is 4.31. The Bertz CT molecular complexity index is 1150. The summed E-state index contributed by atoms with van der Waals surface area (Å²) in [5.74, 6) is -0.0922. The quantitative estimate of drug-likeness (QED) is 0.545. The largest absolute Gasteiger partial charge is 0.354 e. The number of anilines is 1. The monoisotopic (exact) mass is 438 g/mol. The van der Waals surface area contributed by atoms with E-state index in [0.717, 1.165) is 18.2 Å². The molecule has 3 rings (SSSR count). The molecule has 0 fully saturated rings. The Morgan fingerprint density at radius 2 is 1.61 bits per heavy atom. The van der Waals surface area contributed by atoms with Gasteiger partial charge < -0.3 is 5.32 Å². The first-order valence-corrected chi connectivity index (χ1v) is 12.4. The van der Waals surface area contributed by atoms with Crippen LogP contribution < -0.4 is 9.62 Å². The minimum Gasteiger partial charge on any atom is -0.354 e. The zero-order valence-electron chi connectivity index (χ0n) is 18.3. The molecule has 0 aliphatic carbocycles. The molecule has 0 heterocycles. The number of para-hydroxylation sites is 1. The standard InChI is InChI=1S/C25H30N2O3S/c1-4-20-10-6-8-15-24(20)27(31(3,29)30)18-25(28)26-17-19(2)16-22-13-9-12-21-11-5-7-14-23(21)22/h5-15,19H,4,16-18H2,1-3H3,(H,26,28). The third-order valence-electron chi connectivity index (χ3n) is 5.42. The van der Waals surface area contributed by atoms with Gasteiger partial charge in [-0.05, 0) is 46.7 Å². The van der Waals surface area contributed by atoms with Gasteiger partial charge in [-0.1, -0.05) is 74.5 Å². The number of aryl methyl sites for hydroxylation is 1.